The van der Waals surface area contributed by atoms with Crippen molar-refractivity contribution in [3.63, 3.8) is 0 Å². The molecule has 3 heteroatoms. The van der Waals surface area contributed by atoms with E-state index in [1.54, 1.807) is 0 Å². The highest BCUT2D eigenvalue weighted by Crippen LogP contribution is 2.34. The van der Waals surface area contributed by atoms with Gasteiger partial charge in [0.25, 0.3) is 0 Å². The van der Waals surface area contributed by atoms with E-state index in [0.29, 0.717) is 10.8 Å². The first-order chi connectivity index (χ1) is 9.63. The van der Waals surface area contributed by atoms with Gasteiger partial charge in [0.2, 0.25) is 0 Å². The number of rotatable bonds is 3. The Morgan fingerprint density at radius 1 is 1.10 bits per heavy atom. The van der Waals surface area contributed by atoms with Crippen LogP contribution >= 0.6 is 0 Å². The van der Waals surface area contributed by atoms with Gasteiger partial charge in [-0.25, -0.2) is 0 Å². The molecule has 0 radical (unpaired) electrons. The van der Waals surface area contributed by atoms with Crippen LogP contribution in [-0.2, 0) is 13.1 Å². The molecule has 21 heavy (non-hydrogen) atoms. The van der Waals surface area contributed by atoms with Gasteiger partial charge >= 0.3 is 0 Å². The molecule has 120 valence electrons. The molecule has 1 aromatic heterocycles. The first kappa shape index (κ1) is 16.5. The summed E-state index contributed by atoms with van der Waals surface area (Å²) in [6.45, 7) is 17.3. The van der Waals surface area contributed by atoms with Crippen LogP contribution in [0.15, 0.2) is 12.4 Å². The molecule has 0 spiro atoms. The highest BCUT2D eigenvalue weighted by atomic mass is 15.4. The molecule has 1 fully saturated rings. The number of aromatic nitrogens is 2. The van der Waals surface area contributed by atoms with Crippen LogP contribution in [0.2, 0.25) is 0 Å². The standard InChI is InChI=1S/C18H33N3/c1-17(2,3)11-15-12-19-21(13-15)14-20-9-7-16(8-10-20)18(4,5)6/h12-13,16H,7-11,14H2,1-6H3. The number of piperidine rings is 1. The van der Waals surface area contributed by atoms with Gasteiger partial charge in [0.05, 0.1) is 12.9 Å². The van der Waals surface area contributed by atoms with E-state index in [0.717, 1.165) is 19.0 Å². The fourth-order valence-electron chi connectivity index (χ4n) is 3.33. The van der Waals surface area contributed by atoms with Crippen molar-refractivity contribution in [1.29, 1.82) is 0 Å². The van der Waals surface area contributed by atoms with Gasteiger partial charge in [0.15, 0.2) is 0 Å². The molecule has 0 aromatic carbocycles. The van der Waals surface area contributed by atoms with Crippen LogP contribution in [-0.4, -0.2) is 27.8 Å². The highest BCUT2D eigenvalue weighted by molar-refractivity contribution is 5.06. The predicted molar refractivity (Wildman–Crippen MR) is 89.1 cm³/mol. The second-order valence-corrected chi connectivity index (χ2v) is 9.03. The quantitative estimate of drug-likeness (QED) is 0.832. The van der Waals surface area contributed by atoms with Crippen molar-refractivity contribution in [2.75, 3.05) is 13.1 Å². The summed E-state index contributed by atoms with van der Waals surface area (Å²) in [5, 5.41) is 4.54. The lowest BCUT2D eigenvalue weighted by Gasteiger charge is -2.38. The largest absolute Gasteiger partial charge is 0.284 e. The van der Waals surface area contributed by atoms with Crippen LogP contribution in [0.5, 0.6) is 0 Å². The van der Waals surface area contributed by atoms with Crippen LogP contribution in [0.3, 0.4) is 0 Å². The Kier molecular flexibility index (Phi) is 4.82. The number of hydrogen-bond donors (Lipinski definition) is 0. The first-order valence-corrected chi connectivity index (χ1v) is 8.37. The monoisotopic (exact) mass is 291 g/mol. The zero-order chi connectivity index (χ0) is 15.7. The Hall–Kier alpha value is -0.830. The third kappa shape index (κ3) is 5.14. The Labute approximate surface area is 130 Å². The van der Waals surface area contributed by atoms with Crippen molar-refractivity contribution >= 4 is 0 Å². The normalized spacial score (nSPS) is 19.1. The lowest BCUT2D eigenvalue weighted by Crippen LogP contribution is -2.38. The SMILES string of the molecule is CC(C)(C)Cc1cnn(CN2CCC(C(C)(C)C)CC2)c1. The summed E-state index contributed by atoms with van der Waals surface area (Å²) >= 11 is 0. The summed E-state index contributed by atoms with van der Waals surface area (Å²) in [7, 11) is 0. The predicted octanol–water partition coefficient (Wildman–Crippen LogP) is 4.19. The molecule has 0 saturated carbocycles. The minimum Gasteiger partial charge on any atom is -0.284 e. The summed E-state index contributed by atoms with van der Waals surface area (Å²) in [5.41, 5.74) is 2.14. The van der Waals surface area contributed by atoms with Crippen LogP contribution in [0.1, 0.15) is 59.9 Å². The summed E-state index contributed by atoms with van der Waals surface area (Å²) < 4.78 is 2.11. The lowest BCUT2D eigenvalue weighted by molar-refractivity contribution is 0.0887. The Morgan fingerprint density at radius 2 is 1.71 bits per heavy atom. The second kappa shape index (κ2) is 6.12. The third-order valence-electron chi connectivity index (χ3n) is 4.58. The summed E-state index contributed by atoms with van der Waals surface area (Å²) in [5.74, 6) is 0.864. The Bertz CT molecular complexity index is 440. The van der Waals surface area contributed by atoms with E-state index >= 15 is 0 Å². The maximum atomic E-state index is 4.54. The van der Waals surface area contributed by atoms with E-state index in [9.17, 15) is 0 Å². The van der Waals surface area contributed by atoms with E-state index in [-0.39, 0.29) is 0 Å². The van der Waals surface area contributed by atoms with E-state index in [4.69, 9.17) is 0 Å². The van der Waals surface area contributed by atoms with Gasteiger partial charge in [-0.15, -0.1) is 0 Å². The van der Waals surface area contributed by atoms with Crippen LogP contribution in [0.4, 0.5) is 0 Å². The first-order valence-electron chi connectivity index (χ1n) is 8.37. The highest BCUT2D eigenvalue weighted by Gasteiger charge is 2.28. The van der Waals surface area contributed by atoms with Crippen molar-refractivity contribution in [3.8, 4) is 0 Å². The second-order valence-electron chi connectivity index (χ2n) is 9.03. The molecule has 3 nitrogen and oxygen atoms in total. The van der Waals surface area contributed by atoms with Crippen molar-refractivity contribution in [3.05, 3.63) is 18.0 Å². The molecular weight excluding hydrogens is 258 g/mol. The van der Waals surface area contributed by atoms with E-state index in [2.05, 4.69) is 62.4 Å². The van der Waals surface area contributed by atoms with E-state index < -0.39 is 0 Å². The molecule has 2 rings (SSSR count). The minimum atomic E-state index is 0.332. The van der Waals surface area contributed by atoms with Crippen molar-refractivity contribution in [1.82, 2.24) is 14.7 Å². The third-order valence-corrected chi connectivity index (χ3v) is 4.58. The average molecular weight is 291 g/mol. The fraction of sp³-hybridized carbons (Fsp3) is 0.833. The topological polar surface area (TPSA) is 21.1 Å². The Morgan fingerprint density at radius 3 is 2.24 bits per heavy atom. The van der Waals surface area contributed by atoms with Gasteiger partial charge in [0.1, 0.15) is 0 Å². The van der Waals surface area contributed by atoms with Gasteiger partial charge in [-0.2, -0.15) is 5.10 Å². The van der Waals surface area contributed by atoms with Crippen molar-refractivity contribution in [2.24, 2.45) is 16.7 Å². The minimum absolute atomic E-state index is 0.332. The molecule has 0 amide bonds. The van der Waals surface area contributed by atoms with Crippen molar-refractivity contribution < 1.29 is 0 Å². The van der Waals surface area contributed by atoms with Crippen LogP contribution < -0.4 is 0 Å². The van der Waals surface area contributed by atoms with Crippen molar-refractivity contribution in [2.45, 2.75) is 67.5 Å². The maximum Gasteiger partial charge on any atom is 0.0928 e. The maximum absolute atomic E-state index is 4.54. The molecule has 0 unspecified atom stereocenters. The number of likely N-dealkylation sites (tertiary alicyclic amines) is 1. The van der Waals surface area contributed by atoms with Gasteiger partial charge in [-0.3, -0.25) is 9.58 Å². The molecule has 1 aliphatic heterocycles. The molecule has 1 aromatic rings. The van der Waals surface area contributed by atoms with Gasteiger partial charge in [-0.1, -0.05) is 41.5 Å². The van der Waals surface area contributed by atoms with Gasteiger partial charge in [-0.05, 0) is 41.6 Å². The van der Waals surface area contributed by atoms with E-state index in [1.165, 1.54) is 31.5 Å². The molecule has 0 N–H and O–H groups in total. The molecule has 0 aliphatic carbocycles. The van der Waals surface area contributed by atoms with Gasteiger partial charge < -0.3 is 0 Å². The lowest BCUT2D eigenvalue weighted by atomic mass is 9.75. The number of hydrogen-bond acceptors (Lipinski definition) is 2. The zero-order valence-corrected chi connectivity index (χ0v) is 14.8. The summed E-state index contributed by atoms with van der Waals surface area (Å²) in [6, 6.07) is 0. The van der Waals surface area contributed by atoms with Gasteiger partial charge in [0, 0.05) is 19.3 Å². The summed E-state index contributed by atoms with van der Waals surface area (Å²) in [4.78, 5) is 2.54. The molecule has 0 atom stereocenters. The fourth-order valence-corrected chi connectivity index (χ4v) is 3.33. The van der Waals surface area contributed by atoms with Crippen LogP contribution in [0.25, 0.3) is 0 Å². The zero-order valence-electron chi connectivity index (χ0n) is 14.8. The smallest absolute Gasteiger partial charge is 0.0928 e. The molecule has 1 aliphatic rings. The number of nitrogens with zero attached hydrogens (tertiary/aromatic N) is 3. The average Bonchev–Trinajstić information content (AvgIpc) is 2.73. The molecule has 0 bridgehead atoms. The Balaban J connectivity index is 1.84. The van der Waals surface area contributed by atoms with Crippen LogP contribution in [0, 0.1) is 16.7 Å². The molecular formula is C18H33N3. The molecule has 1 saturated heterocycles. The summed E-state index contributed by atoms with van der Waals surface area (Å²) in [6.07, 6.45) is 7.99. The molecule has 2 heterocycles. The van der Waals surface area contributed by atoms with E-state index in [1.807, 2.05) is 6.20 Å².